The first kappa shape index (κ1) is 18.3. The Morgan fingerprint density at radius 3 is 2.52 bits per heavy atom. The second-order valence-electron chi connectivity index (χ2n) is 6.18. The second kappa shape index (κ2) is 7.82. The number of nitro groups is 1. The van der Waals surface area contributed by atoms with Crippen LogP contribution in [0.25, 0.3) is 6.08 Å². The first-order valence-electron chi connectivity index (χ1n) is 8.40. The molecule has 1 atom stereocenters. The van der Waals surface area contributed by atoms with Crippen LogP contribution in [0.15, 0.2) is 54.7 Å². The summed E-state index contributed by atoms with van der Waals surface area (Å²) >= 11 is 0. The Hall–Kier alpha value is -3.48. The molecule has 0 aromatic heterocycles. The van der Waals surface area contributed by atoms with E-state index in [9.17, 15) is 19.7 Å². The zero-order chi connectivity index (χ0) is 19.4. The van der Waals surface area contributed by atoms with Gasteiger partial charge in [0.1, 0.15) is 6.61 Å². The molecule has 27 heavy (non-hydrogen) atoms. The first-order valence-corrected chi connectivity index (χ1v) is 8.40. The van der Waals surface area contributed by atoms with Crippen LogP contribution in [0.3, 0.4) is 0 Å². The molecule has 0 fully saturated rings. The zero-order valence-corrected chi connectivity index (χ0v) is 14.7. The average Bonchev–Trinajstić information content (AvgIpc) is 2.66. The Bertz CT molecular complexity index is 905. The fourth-order valence-corrected chi connectivity index (χ4v) is 3.01. The number of rotatable bonds is 5. The van der Waals surface area contributed by atoms with E-state index in [1.165, 1.54) is 24.0 Å². The van der Waals surface area contributed by atoms with E-state index >= 15 is 0 Å². The smallest absolute Gasteiger partial charge is 0.308 e. The molecule has 1 aliphatic heterocycles. The van der Waals surface area contributed by atoms with Crippen LogP contribution in [0.4, 0.5) is 5.69 Å². The van der Waals surface area contributed by atoms with Crippen molar-refractivity contribution in [3.05, 3.63) is 81.5 Å². The lowest BCUT2D eigenvalue weighted by Gasteiger charge is -2.32. The summed E-state index contributed by atoms with van der Waals surface area (Å²) in [6.07, 6.45) is 3.54. The predicted octanol–water partition coefficient (Wildman–Crippen LogP) is 3.60. The molecule has 138 valence electrons. The van der Waals surface area contributed by atoms with Gasteiger partial charge in [-0.1, -0.05) is 24.3 Å². The third-order valence-corrected chi connectivity index (χ3v) is 4.38. The second-order valence-corrected chi connectivity index (χ2v) is 6.18. The SMILES string of the molecule is CC(=O)N1C=Cc2ccccc2C1CC(=O)OCc1ccc([N+](=O)[O-])cc1. The fourth-order valence-electron chi connectivity index (χ4n) is 3.01. The minimum atomic E-state index is -0.486. The summed E-state index contributed by atoms with van der Waals surface area (Å²) < 4.78 is 5.30. The molecular weight excluding hydrogens is 348 g/mol. The summed E-state index contributed by atoms with van der Waals surface area (Å²) in [7, 11) is 0. The van der Waals surface area contributed by atoms with Gasteiger partial charge in [0, 0.05) is 25.3 Å². The number of hydrogen-bond acceptors (Lipinski definition) is 5. The fraction of sp³-hybridized carbons (Fsp3) is 0.200. The lowest BCUT2D eigenvalue weighted by Crippen LogP contribution is -2.32. The van der Waals surface area contributed by atoms with Crippen LogP contribution in [0.5, 0.6) is 0 Å². The molecule has 0 saturated heterocycles. The van der Waals surface area contributed by atoms with E-state index in [2.05, 4.69) is 0 Å². The van der Waals surface area contributed by atoms with Gasteiger partial charge in [0.05, 0.1) is 17.4 Å². The highest BCUT2D eigenvalue weighted by Gasteiger charge is 2.28. The quantitative estimate of drug-likeness (QED) is 0.458. The van der Waals surface area contributed by atoms with Crippen molar-refractivity contribution in [1.29, 1.82) is 0 Å². The largest absolute Gasteiger partial charge is 0.461 e. The van der Waals surface area contributed by atoms with Crippen LogP contribution < -0.4 is 0 Å². The number of carbonyl (C=O) groups excluding carboxylic acids is 2. The van der Waals surface area contributed by atoms with Crippen molar-refractivity contribution in [3.63, 3.8) is 0 Å². The van der Waals surface area contributed by atoms with Gasteiger partial charge in [-0.2, -0.15) is 0 Å². The standard InChI is InChI=1S/C20H18N2O5/c1-14(23)21-11-10-16-4-2-3-5-18(16)19(21)12-20(24)27-13-15-6-8-17(9-7-15)22(25)26/h2-11,19H,12-13H2,1H3. The van der Waals surface area contributed by atoms with Crippen LogP contribution in [-0.2, 0) is 20.9 Å². The highest BCUT2D eigenvalue weighted by Crippen LogP contribution is 2.33. The molecule has 0 saturated carbocycles. The maximum Gasteiger partial charge on any atom is 0.308 e. The zero-order valence-electron chi connectivity index (χ0n) is 14.7. The maximum absolute atomic E-state index is 12.3. The highest BCUT2D eigenvalue weighted by molar-refractivity contribution is 5.80. The van der Waals surface area contributed by atoms with E-state index in [0.717, 1.165) is 11.1 Å². The summed E-state index contributed by atoms with van der Waals surface area (Å²) in [5.74, 6) is -0.608. The number of ether oxygens (including phenoxy) is 1. The molecular formula is C20H18N2O5. The van der Waals surface area contributed by atoms with Crippen molar-refractivity contribution < 1.29 is 19.2 Å². The lowest BCUT2D eigenvalue weighted by atomic mass is 9.94. The van der Waals surface area contributed by atoms with Gasteiger partial charge < -0.3 is 9.64 Å². The molecule has 0 radical (unpaired) electrons. The van der Waals surface area contributed by atoms with Crippen LogP contribution in [0.1, 0.15) is 36.1 Å². The van der Waals surface area contributed by atoms with Gasteiger partial charge >= 0.3 is 5.97 Å². The number of carbonyl (C=O) groups is 2. The number of non-ortho nitro benzene ring substituents is 1. The summed E-state index contributed by atoms with van der Waals surface area (Å²) in [5.41, 5.74) is 2.49. The summed E-state index contributed by atoms with van der Waals surface area (Å²) in [6, 6.07) is 13.0. The molecule has 7 nitrogen and oxygen atoms in total. The number of hydrogen-bond donors (Lipinski definition) is 0. The number of nitro benzene ring substituents is 1. The Balaban J connectivity index is 1.67. The monoisotopic (exact) mass is 366 g/mol. The van der Waals surface area contributed by atoms with Gasteiger partial charge in [0.15, 0.2) is 0 Å². The third kappa shape index (κ3) is 4.20. The van der Waals surface area contributed by atoms with Crippen molar-refractivity contribution >= 4 is 23.6 Å². The van der Waals surface area contributed by atoms with E-state index in [1.807, 2.05) is 30.3 Å². The van der Waals surface area contributed by atoms with Crippen molar-refractivity contribution in [2.75, 3.05) is 0 Å². The molecule has 0 spiro atoms. The number of benzene rings is 2. The molecule has 1 aliphatic rings. The van der Waals surface area contributed by atoms with E-state index in [1.54, 1.807) is 18.3 Å². The van der Waals surface area contributed by atoms with E-state index in [4.69, 9.17) is 4.74 Å². The van der Waals surface area contributed by atoms with E-state index in [-0.39, 0.29) is 24.6 Å². The topological polar surface area (TPSA) is 89.8 Å². The van der Waals surface area contributed by atoms with Crippen LogP contribution in [0, 0.1) is 10.1 Å². The van der Waals surface area contributed by atoms with Crippen LogP contribution in [-0.4, -0.2) is 21.7 Å². The van der Waals surface area contributed by atoms with Crippen molar-refractivity contribution in [2.45, 2.75) is 26.0 Å². The Labute approximate surface area is 156 Å². The third-order valence-electron chi connectivity index (χ3n) is 4.38. The van der Waals surface area contributed by atoms with Gasteiger partial charge in [0.25, 0.3) is 5.69 Å². The van der Waals surface area contributed by atoms with Gasteiger partial charge in [-0.3, -0.25) is 19.7 Å². The van der Waals surface area contributed by atoms with Gasteiger partial charge in [-0.15, -0.1) is 0 Å². The summed E-state index contributed by atoms with van der Waals surface area (Å²) in [6.45, 7) is 1.47. The molecule has 1 unspecified atom stereocenters. The molecule has 7 heteroatoms. The minimum Gasteiger partial charge on any atom is -0.461 e. The molecule has 0 N–H and O–H groups in total. The molecule has 0 bridgehead atoms. The molecule has 2 aromatic rings. The highest BCUT2D eigenvalue weighted by atomic mass is 16.6. The van der Waals surface area contributed by atoms with Gasteiger partial charge in [-0.05, 0) is 34.9 Å². The summed E-state index contributed by atoms with van der Waals surface area (Å²) in [5, 5.41) is 10.7. The molecule has 1 heterocycles. The number of fused-ring (bicyclic) bond motifs is 1. The minimum absolute atomic E-state index is 0.0150. The molecule has 0 aliphatic carbocycles. The van der Waals surface area contributed by atoms with Crippen LogP contribution >= 0.6 is 0 Å². The molecule has 2 aromatic carbocycles. The Morgan fingerprint density at radius 2 is 1.85 bits per heavy atom. The Kier molecular flexibility index (Phi) is 5.30. The predicted molar refractivity (Wildman–Crippen MR) is 98.2 cm³/mol. The van der Waals surface area contributed by atoms with Crippen molar-refractivity contribution in [2.24, 2.45) is 0 Å². The number of amides is 1. The summed E-state index contributed by atoms with van der Waals surface area (Å²) in [4.78, 5) is 36.0. The molecule has 3 rings (SSSR count). The van der Waals surface area contributed by atoms with Crippen LogP contribution in [0.2, 0.25) is 0 Å². The first-order chi connectivity index (χ1) is 13.0. The van der Waals surface area contributed by atoms with Gasteiger partial charge in [-0.25, -0.2) is 0 Å². The lowest BCUT2D eigenvalue weighted by molar-refractivity contribution is -0.384. The van der Waals surface area contributed by atoms with Gasteiger partial charge in [0.2, 0.25) is 5.91 Å². The number of esters is 1. The molecule has 1 amide bonds. The number of nitrogens with zero attached hydrogens (tertiary/aromatic N) is 2. The Morgan fingerprint density at radius 1 is 1.15 bits per heavy atom. The van der Waals surface area contributed by atoms with Crippen molar-refractivity contribution in [1.82, 2.24) is 4.90 Å². The van der Waals surface area contributed by atoms with E-state index < -0.39 is 16.9 Å². The average molecular weight is 366 g/mol. The van der Waals surface area contributed by atoms with E-state index in [0.29, 0.717) is 5.56 Å². The van der Waals surface area contributed by atoms with Crippen molar-refractivity contribution in [3.8, 4) is 0 Å². The normalized spacial score (nSPS) is 15.1. The maximum atomic E-state index is 12.3.